The fourth-order valence-corrected chi connectivity index (χ4v) is 5.93. The number of amides is 2. The van der Waals surface area contributed by atoms with E-state index < -0.39 is 29.8 Å². The fourth-order valence-electron chi connectivity index (χ4n) is 5.93. The molecule has 0 saturated carbocycles. The molecule has 1 aliphatic rings. The Morgan fingerprint density at radius 3 is 2.20 bits per heavy atom. The molecule has 1 unspecified atom stereocenters. The summed E-state index contributed by atoms with van der Waals surface area (Å²) in [5.74, 6) is -0.553. The van der Waals surface area contributed by atoms with Gasteiger partial charge in [0.25, 0.3) is 11.8 Å². The molecule has 5 rings (SSSR count). The first-order valence-electron chi connectivity index (χ1n) is 15.5. The van der Waals surface area contributed by atoms with Crippen molar-refractivity contribution in [3.8, 4) is 0 Å². The third-order valence-corrected chi connectivity index (χ3v) is 8.34. The predicted octanol–water partition coefficient (Wildman–Crippen LogP) is 6.04. The predicted molar refractivity (Wildman–Crippen MR) is 171 cm³/mol. The summed E-state index contributed by atoms with van der Waals surface area (Å²) in [6, 6.07) is 30.5. The second-order valence-electron chi connectivity index (χ2n) is 11.7. The highest BCUT2D eigenvalue weighted by molar-refractivity contribution is 6.00. The van der Waals surface area contributed by atoms with Gasteiger partial charge in [-0.1, -0.05) is 84.9 Å². The monoisotopic (exact) mass is 629 g/mol. The molecule has 0 spiro atoms. The van der Waals surface area contributed by atoms with Gasteiger partial charge in [-0.2, -0.15) is 13.2 Å². The summed E-state index contributed by atoms with van der Waals surface area (Å²) in [5, 5.41) is 17.1. The first kappa shape index (κ1) is 32.9. The summed E-state index contributed by atoms with van der Waals surface area (Å²) in [4.78, 5) is 29.0. The number of rotatable bonds is 12. The molecule has 3 N–H and O–H groups in total. The van der Waals surface area contributed by atoms with Crippen LogP contribution in [0.15, 0.2) is 109 Å². The van der Waals surface area contributed by atoms with Crippen molar-refractivity contribution in [1.82, 2.24) is 15.5 Å². The third-order valence-electron chi connectivity index (χ3n) is 8.34. The van der Waals surface area contributed by atoms with Crippen LogP contribution in [0.1, 0.15) is 55.8 Å². The van der Waals surface area contributed by atoms with E-state index in [1.54, 1.807) is 30.3 Å². The number of halogens is 3. The Morgan fingerprint density at radius 2 is 1.48 bits per heavy atom. The summed E-state index contributed by atoms with van der Waals surface area (Å²) in [7, 11) is 0. The maximum Gasteiger partial charge on any atom is 0.416 e. The number of benzene rings is 4. The highest BCUT2D eigenvalue weighted by atomic mass is 19.4. The summed E-state index contributed by atoms with van der Waals surface area (Å²) in [6.07, 6.45) is -2.56. The number of nitrogens with zero attached hydrogens (tertiary/aromatic N) is 1. The lowest BCUT2D eigenvalue weighted by atomic mass is 10.00. The van der Waals surface area contributed by atoms with Crippen molar-refractivity contribution in [1.29, 1.82) is 0 Å². The number of nitrogens with one attached hydrogen (secondary N) is 2. The number of aliphatic hydroxyl groups excluding tert-OH is 1. The smallest absolute Gasteiger partial charge is 0.390 e. The van der Waals surface area contributed by atoms with Crippen molar-refractivity contribution in [3.05, 3.63) is 143 Å². The minimum Gasteiger partial charge on any atom is -0.390 e. The van der Waals surface area contributed by atoms with Gasteiger partial charge in [-0.3, -0.25) is 9.59 Å². The number of carbonyl (C=O) groups excluding carboxylic acids is 2. The highest BCUT2D eigenvalue weighted by Gasteiger charge is 2.31. The van der Waals surface area contributed by atoms with Gasteiger partial charge in [0.05, 0.1) is 17.7 Å². The van der Waals surface area contributed by atoms with E-state index >= 15 is 0 Å². The molecule has 1 fully saturated rings. The van der Waals surface area contributed by atoms with Gasteiger partial charge in [0.2, 0.25) is 0 Å². The van der Waals surface area contributed by atoms with Crippen molar-refractivity contribution in [2.75, 3.05) is 13.1 Å². The lowest BCUT2D eigenvalue weighted by Gasteiger charge is -2.26. The zero-order chi connectivity index (χ0) is 32.5. The van der Waals surface area contributed by atoms with Gasteiger partial charge in [0.1, 0.15) is 0 Å². The van der Waals surface area contributed by atoms with Gasteiger partial charge in [0, 0.05) is 36.8 Å². The molecular weight excluding hydrogens is 591 g/mol. The van der Waals surface area contributed by atoms with Gasteiger partial charge in [-0.15, -0.1) is 0 Å². The third kappa shape index (κ3) is 8.83. The minimum absolute atomic E-state index is 0.0321. The van der Waals surface area contributed by atoms with Gasteiger partial charge in [-0.05, 0) is 66.6 Å². The van der Waals surface area contributed by atoms with E-state index in [0.717, 1.165) is 37.0 Å². The normalized spacial score (nSPS) is 16.2. The van der Waals surface area contributed by atoms with Crippen molar-refractivity contribution in [3.63, 3.8) is 0 Å². The molecule has 6 nitrogen and oxygen atoms in total. The molecule has 0 aromatic heterocycles. The van der Waals surface area contributed by atoms with Crippen molar-refractivity contribution in [2.24, 2.45) is 0 Å². The molecule has 4 aromatic carbocycles. The van der Waals surface area contributed by atoms with Gasteiger partial charge < -0.3 is 20.6 Å². The number of alkyl halides is 3. The molecule has 2 amide bonds. The Bertz CT molecular complexity index is 1600. The molecule has 1 aliphatic heterocycles. The van der Waals surface area contributed by atoms with E-state index in [2.05, 4.69) is 22.8 Å². The SMILES string of the molecule is O=C(N[C@@H](Cc1ccccc1)[C@H](O)CNCc1cccc(C(F)(F)F)c1)c1cccc(C(=O)N2CCCC2Cc2ccccc2)c1. The van der Waals surface area contributed by atoms with E-state index in [0.29, 0.717) is 29.7 Å². The van der Waals surface area contributed by atoms with Crippen molar-refractivity contribution in [2.45, 2.75) is 56.6 Å². The number of aliphatic hydroxyl groups is 1. The van der Waals surface area contributed by atoms with Crippen LogP contribution in [0.25, 0.3) is 0 Å². The molecule has 1 heterocycles. The van der Waals surface area contributed by atoms with Crippen LogP contribution in [0, 0.1) is 0 Å². The molecule has 4 aromatic rings. The lowest BCUT2D eigenvalue weighted by molar-refractivity contribution is -0.137. The number of hydrogen-bond donors (Lipinski definition) is 3. The Balaban J connectivity index is 1.25. The average Bonchev–Trinajstić information content (AvgIpc) is 3.52. The van der Waals surface area contributed by atoms with Crippen LogP contribution in [-0.2, 0) is 25.6 Å². The Hall–Kier alpha value is -4.47. The van der Waals surface area contributed by atoms with Crippen LogP contribution in [0.3, 0.4) is 0 Å². The molecule has 0 bridgehead atoms. The van der Waals surface area contributed by atoms with Crippen LogP contribution in [-0.4, -0.2) is 53.1 Å². The zero-order valence-corrected chi connectivity index (χ0v) is 25.4. The second kappa shape index (κ2) is 15.2. The Labute approximate surface area is 267 Å². The molecule has 0 aliphatic carbocycles. The Morgan fingerprint density at radius 1 is 0.826 bits per heavy atom. The fraction of sp³-hybridized carbons (Fsp3) is 0.297. The van der Waals surface area contributed by atoms with E-state index in [4.69, 9.17) is 0 Å². The maximum atomic E-state index is 13.6. The largest absolute Gasteiger partial charge is 0.416 e. The molecule has 9 heteroatoms. The summed E-state index contributed by atoms with van der Waals surface area (Å²) in [6.45, 7) is 0.800. The van der Waals surface area contributed by atoms with E-state index in [1.165, 1.54) is 11.6 Å². The van der Waals surface area contributed by atoms with Crippen molar-refractivity contribution < 1.29 is 27.9 Å². The molecule has 46 heavy (non-hydrogen) atoms. The molecule has 240 valence electrons. The summed E-state index contributed by atoms with van der Waals surface area (Å²) < 4.78 is 39.3. The number of carbonyl (C=O) groups is 2. The van der Waals surface area contributed by atoms with Crippen LogP contribution >= 0.6 is 0 Å². The van der Waals surface area contributed by atoms with Gasteiger partial charge in [-0.25, -0.2) is 0 Å². The maximum absolute atomic E-state index is 13.6. The topological polar surface area (TPSA) is 81.7 Å². The highest BCUT2D eigenvalue weighted by Crippen LogP contribution is 2.29. The lowest BCUT2D eigenvalue weighted by Crippen LogP contribution is -2.48. The van der Waals surface area contributed by atoms with E-state index in [9.17, 15) is 27.9 Å². The van der Waals surface area contributed by atoms with Crippen LogP contribution in [0.4, 0.5) is 13.2 Å². The molecule has 1 saturated heterocycles. The zero-order valence-electron chi connectivity index (χ0n) is 25.4. The number of likely N-dealkylation sites (tertiary alicyclic amines) is 1. The van der Waals surface area contributed by atoms with Crippen LogP contribution in [0.5, 0.6) is 0 Å². The van der Waals surface area contributed by atoms with Crippen LogP contribution < -0.4 is 10.6 Å². The standard InChI is InChI=1S/C37H38F3N3O3/c38-37(39,40)31-17-7-14-28(20-31)24-41-25-34(44)33(22-27-12-5-2-6-13-27)42-35(45)29-15-8-16-30(23-29)36(46)43-19-9-18-32(43)21-26-10-3-1-4-11-26/h1-8,10-17,20,23,32-34,41,44H,9,18-19,21-22,24-25H2,(H,42,45)/t32?,33-,34+/m0/s1. The van der Waals surface area contributed by atoms with Crippen molar-refractivity contribution >= 4 is 11.8 Å². The molecule has 3 atom stereocenters. The van der Waals surface area contributed by atoms with Crippen LogP contribution in [0.2, 0.25) is 0 Å². The summed E-state index contributed by atoms with van der Waals surface area (Å²) >= 11 is 0. The first-order valence-corrected chi connectivity index (χ1v) is 15.5. The van der Waals surface area contributed by atoms with E-state index in [1.807, 2.05) is 53.4 Å². The van der Waals surface area contributed by atoms with E-state index in [-0.39, 0.29) is 25.0 Å². The van der Waals surface area contributed by atoms with Gasteiger partial charge >= 0.3 is 6.18 Å². The number of hydrogen-bond acceptors (Lipinski definition) is 4. The van der Waals surface area contributed by atoms with Gasteiger partial charge in [0.15, 0.2) is 0 Å². The minimum atomic E-state index is -4.44. The second-order valence-corrected chi connectivity index (χ2v) is 11.7. The molecule has 0 radical (unpaired) electrons. The average molecular weight is 630 g/mol. The Kier molecular flexibility index (Phi) is 10.9. The molecular formula is C37H38F3N3O3. The first-order chi connectivity index (χ1) is 22.2. The quantitative estimate of drug-likeness (QED) is 0.178. The summed E-state index contributed by atoms with van der Waals surface area (Å²) in [5.41, 5.74) is 2.48.